The zero-order valence-electron chi connectivity index (χ0n) is 17.2. The van der Waals surface area contributed by atoms with E-state index in [1.807, 2.05) is 54.6 Å². The molecule has 2 aliphatic heterocycles. The molecule has 0 aromatic heterocycles. The van der Waals surface area contributed by atoms with Crippen LogP contribution < -0.4 is 9.96 Å². The number of hydrogen-bond acceptors (Lipinski definition) is 4. The molecule has 3 atom stereocenters. The quantitative estimate of drug-likeness (QED) is 0.469. The summed E-state index contributed by atoms with van der Waals surface area (Å²) in [6.45, 7) is 2.09. The summed E-state index contributed by atoms with van der Waals surface area (Å²) in [6, 6.07) is 22.0. The molecular formula is C25H20Cl2N2O3. The van der Waals surface area contributed by atoms with Crippen LogP contribution in [0.3, 0.4) is 0 Å². The van der Waals surface area contributed by atoms with Gasteiger partial charge < -0.3 is 0 Å². The van der Waals surface area contributed by atoms with Crippen molar-refractivity contribution in [2.45, 2.75) is 25.5 Å². The molecule has 0 bridgehead atoms. The highest BCUT2D eigenvalue weighted by Crippen LogP contribution is 2.49. The Morgan fingerprint density at radius 1 is 0.844 bits per heavy atom. The molecule has 7 heteroatoms. The fourth-order valence-electron chi connectivity index (χ4n) is 4.43. The molecule has 0 unspecified atom stereocenters. The number of para-hydroxylation sites is 2. The normalized spacial score (nSPS) is 22.5. The van der Waals surface area contributed by atoms with E-state index in [4.69, 9.17) is 28.0 Å². The minimum Gasteiger partial charge on any atom is -0.273 e. The lowest BCUT2D eigenvalue weighted by Crippen LogP contribution is -2.37. The Balaban J connectivity index is 1.60. The minimum atomic E-state index is -0.967. The van der Waals surface area contributed by atoms with E-state index in [0.717, 1.165) is 22.6 Å². The molecule has 5 nitrogen and oxygen atoms in total. The molecule has 0 spiro atoms. The topological polar surface area (TPSA) is 49.9 Å². The van der Waals surface area contributed by atoms with Crippen LogP contribution in [0.25, 0.3) is 0 Å². The van der Waals surface area contributed by atoms with Crippen molar-refractivity contribution in [1.82, 2.24) is 0 Å². The van der Waals surface area contributed by atoms with Crippen molar-refractivity contribution in [3.63, 3.8) is 0 Å². The zero-order valence-corrected chi connectivity index (χ0v) is 18.8. The van der Waals surface area contributed by atoms with E-state index in [2.05, 4.69) is 6.92 Å². The van der Waals surface area contributed by atoms with Gasteiger partial charge in [0.25, 0.3) is 5.91 Å². The van der Waals surface area contributed by atoms with Crippen molar-refractivity contribution >= 4 is 46.4 Å². The Kier molecular flexibility index (Phi) is 5.41. The van der Waals surface area contributed by atoms with Gasteiger partial charge in [-0.05, 0) is 41.8 Å². The van der Waals surface area contributed by atoms with Crippen LogP contribution in [0.5, 0.6) is 0 Å². The number of benzene rings is 3. The molecule has 0 aliphatic carbocycles. The first-order valence-electron chi connectivity index (χ1n) is 10.4. The van der Waals surface area contributed by atoms with Crippen molar-refractivity contribution < 1.29 is 14.4 Å². The molecule has 162 valence electrons. The lowest BCUT2D eigenvalue weighted by Gasteiger charge is -2.29. The molecule has 2 saturated heterocycles. The number of carbonyl (C=O) groups excluding carboxylic acids is 2. The Bertz CT molecular complexity index is 1160. The Hall–Kier alpha value is -2.86. The van der Waals surface area contributed by atoms with Gasteiger partial charge in [0.05, 0.1) is 27.5 Å². The van der Waals surface area contributed by atoms with Crippen LogP contribution in [-0.4, -0.2) is 17.9 Å². The van der Waals surface area contributed by atoms with Crippen LogP contribution in [0, 0.1) is 5.92 Å². The summed E-state index contributed by atoms with van der Waals surface area (Å²) in [6.07, 6.45) is -0.0579. The summed E-state index contributed by atoms with van der Waals surface area (Å²) in [5.41, 5.74) is 3.06. The van der Waals surface area contributed by atoms with Crippen molar-refractivity contribution in [2.75, 3.05) is 9.96 Å². The number of nitrogens with zero attached hydrogens (tertiary/aromatic N) is 2. The molecule has 2 aliphatic rings. The highest BCUT2D eigenvalue weighted by molar-refractivity contribution is 6.42. The summed E-state index contributed by atoms with van der Waals surface area (Å²) in [5, 5.41) is 2.16. The maximum Gasteiger partial charge on any atom is 0.266 e. The average molecular weight is 467 g/mol. The molecule has 32 heavy (non-hydrogen) atoms. The van der Waals surface area contributed by atoms with Gasteiger partial charge in [-0.25, -0.2) is 9.96 Å². The average Bonchev–Trinajstić information content (AvgIpc) is 3.31. The van der Waals surface area contributed by atoms with Crippen LogP contribution in [0.4, 0.5) is 11.4 Å². The third kappa shape index (κ3) is 3.28. The van der Waals surface area contributed by atoms with Gasteiger partial charge in [0.1, 0.15) is 5.92 Å². The van der Waals surface area contributed by atoms with Gasteiger partial charge in [0, 0.05) is 0 Å². The molecule has 3 aromatic carbocycles. The van der Waals surface area contributed by atoms with E-state index in [0.29, 0.717) is 0 Å². The number of carbonyl (C=O) groups is 2. The standard InChI is InChI=1S/C25H20Cl2N2O3/c1-2-15-11-13-16(14-12-15)21-20-23(32-29(21)17-7-4-3-5-8-17)25(31)28(24(20)30)22-18(26)9-6-10-19(22)27/h3-14,20-21,23H,2H2,1H3/t20-,21+,23+/m1/s1. The molecule has 2 amide bonds. The monoisotopic (exact) mass is 466 g/mol. The number of rotatable bonds is 4. The maximum atomic E-state index is 13.7. The molecule has 0 saturated carbocycles. The largest absolute Gasteiger partial charge is 0.273 e. The number of hydroxylamine groups is 1. The van der Waals surface area contributed by atoms with E-state index in [9.17, 15) is 9.59 Å². The zero-order chi connectivity index (χ0) is 22.4. The molecule has 0 radical (unpaired) electrons. The van der Waals surface area contributed by atoms with Crippen LogP contribution in [0.1, 0.15) is 24.1 Å². The molecule has 2 fully saturated rings. The van der Waals surface area contributed by atoms with E-state index in [1.54, 1.807) is 23.3 Å². The molecular weight excluding hydrogens is 447 g/mol. The predicted molar refractivity (Wildman–Crippen MR) is 125 cm³/mol. The second kappa shape index (κ2) is 8.24. The lowest BCUT2D eigenvalue weighted by molar-refractivity contribution is -0.126. The molecule has 2 heterocycles. The highest BCUT2D eigenvalue weighted by atomic mass is 35.5. The van der Waals surface area contributed by atoms with Crippen molar-refractivity contribution in [1.29, 1.82) is 0 Å². The van der Waals surface area contributed by atoms with E-state index >= 15 is 0 Å². The van der Waals surface area contributed by atoms with Crippen LogP contribution in [0.15, 0.2) is 72.8 Å². The fraction of sp³-hybridized carbons (Fsp3) is 0.200. The first-order valence-corrected chi connectivity index (χ1v) is 11.2. The first kappa shape index (κ1) is 21.0. The van der Waals surface area contributed by atoms with Crippen LogP contribution in [0.2, 0.25) is 10.0 Å². The number of aryl methyl sites for hydroxylation is 1. The third-order valence-corrected chi connectivity index (χ3v) is 6.63. The Morgan fingerprint density at radius 3 is 2.12 bits per heavy atom. The minimum absolute atomic E-state index is 0.204. The summed E-state index contributed by atoms with van der Waals surface area (Å²) in [7, 11) is 0. The molecule has 5 rings (SSSR count). The van der Waals surface area contributed by atoms with Crippen LogP contribution >= 0.6 is 23.2 Å². The number of anilines is 2. The van der Waals surface area contributed by atoms with E-state index in [-0.39, 0.29) is 21.6 Å². The van der Waals surface area contributed by atoms with Crippen molar-refractivity contribution in [2.24, 2.45) is 5.92 Å². The van der Waals surface area contributed by atoms with Gasteiger partial charge in [-0.1, -0.05) is 78.7 Å². The van der Waals surface area contributed by atoms with Gasteiger partial charge in [-0.2, -0.15) is 0 Å². The molecule has 0 N–H and O–H groups in total. The van der Waals surface area contributed by atoms with E-state index < -0.39 is 24.0 Å². The van der Waals surface area contributed by atoms with Gasteiger partial charge in [0.15, 0.2) is 6.10 Å². The Morgan fingerprint density at radius 2 is 1.50 bits per heavy atom. The molecule has 3 aromatic rings. The maximum absolute atomic E-state index is 13.7. The van der Waals surface area contributed by atoms with E-state index in [1.165, 1.54) is 5.56 Å². The Labute approximate surface area is 196 Å². The van der Waals surface area contributed by atoms with Gasteiger partial charge in [0.2, 0.25) is 5.91 Å². The number of imide groups is 1. The summed E-state index contributed by atoms with van der Waals surface area (Å²) < 4.78 is 0. The first-order chi connectivity index (χ1) is 15.5. The second-order valence-corrected chi connectivity index (χ2v) is 8.65. The summed E-state index contributed by atoms with van der Waals surface area (Å²) in [5.74, 6) is -1.58. The lowest BCUT2D eigenvalue weighted by atomic mass is 9.90. The van der Waals surface area contributed by atoms with Gasteiger partial charge in [-0.3, -0.25) is 14.4 Å². The second-order valence-electron chi connectivity index (χ2n) is 7.84. The third-order valence-electron chi connectivity index (χ3n) is 6.02. The summed E-state index contributed by atoms with van der Waals surface area (Å²) in [4.78, 5) is 34.3. The highest BCUT2D eigenvalue weighted by Gasteiger charge is 2.60. The number of fused-ring (bicyclic) bond motifs is 1. The van der Waals surface area contributed by atoms with Gasteiger partial charge in [-0.15, -0.1) is 0 Å². The smallest absolute Gasteiger partial charge is 0.266 e. The predicted octanol–water partition coefficient (Wildman–Crippen LogP) is 5.61. The van der Waals surface area contributed by atoms with Gasteiger partial charge >= 0.3 is 0 Å². The number of hydrogen-bond donors (Lipinski definition) is 0. The number of halogens is 2. The SMILES string of the molecule is CCc1ccc([C@H]2[C@H]3C(=O)N(c4c(Cl)cccc4Cl)C(=O)[C@H]3ON2c2ccccc2)cc1. The van der Waals surface area contributed by atoms with Crippen LogP contribution in [-0.2, 0) is 20.8 Å². The van der Waals surface area contributed by atoms with Crippen molar-refractivity contribution in [3.05, 3.63) is 94.0 Å². The fourth-order valence-corrected chi connectivity index (χ4v) is 4.99. The summed E-state index contributed by atoms with van der Waals surface area (Å²) >= 11 is 12.7. The van der Waals surface area contributed by atoms with Crippen molar-refractivity contribution in [3.8, 4) is 0 Å². The number of amides is 2.